The quantitative estimate of drug-likeness (QED) is 0.646. The summed E-state index contributed by atoms with van der Waals surface area (Å²) in [6.07, 6.45) is 0. The topological polar surface area (TPSA) is 71.1 Å². The summed E-state index contributed by atoms with van der Waals surface area (Å²) in [5.41, 5.74) is 1.24. The van der Waals surface area contributed by atoms with E-state index in [0.29, 0.717) is 37.6 Å². The molecule has 1 aliphatic rings. The maximum Gasteiger partial charge on any atom is 0.253 e. The van der Waals surface area contributed by atoms with Crippen LogP contribution in [-0.2, 0) is 14.3 Å². The summed E-state index contributed by atoms with van der Waals surface area (Å²) in [4.78, 5) is 28.9. The van der Waals surface area contributed by atoms with E-state index >= 15 is 0 Å². The summed E-state index contributed by atoms with van der Waals surface area (Å²) in [7, 11) is 3.27. The number of thioether (sulfide) groups is 1. The molecule has 0 spiro atoms. The highest BCUT2D eigenvalue weighted by molar-refractivity contribution is 7.99. The Morgan fingerprint density at radius 2 is 1.81 bits per heavy atom. The van der Waals surface area contributed by atoms with Crippen molar-refractivity contribution in [2.24, 2.45) is 0 Å². The van der Waals surface area contributed by atoms with E-state index in [0.717, 1.165) is 24.6 Å². The third kappa shape index (κ3) is 7.50. The Labute approximate surface area is 165 Å². The zero-order valence-corrected chi connectivity index (χ0v) is 16.9. The van der Waals surface area contributed by atoms with Gasteiger partial charge in [-0.05, 0) is 18.2 Å². The van der Waals surface area contributed by atoms with Gasteiger partial charge in [-0.25, -0.2) is 0 Å². The molecule has 0 bridgehead atoms. The second-order valence-corrected chi connectivity index (χ2v) is 7.52. The summed E-state index contributed by atoms with van der Waals surface area (Å²) >= 11 is 1.87. The fraction of sp³-hybridized carbons (Fsp3) is 0.579. The largest absolute Gasteiger partial charge is 0.383 e. The van der Waals surface area contributed by atoms with Crippen LogP contribution in [0.25, 0.3) is 0 Å². The smallest absolute Gasteiger partial charge is 0.253 e. The van der Waals surface area contributed by atoms with Gasteiger partial charge in [0.15, 0.2) is 0 Å². The van der Waals surface area contributed by atoms with Gasteiger partial charge in [-0.15, -0.1) is 0 Å². The monoisotopic (exact) mass is 395 g/mol. The first-order valence-corrected chi connectivity index (χ1v) is 10.3. The maximum absolute atomic E-state index is 12.6. The third-order valence-corrected chi connectivity index (χ3v) is 5.22. The molecule has 1 aromatic rings. The zero-order chi connectivity index (χ0) is 19.5. The number of hydrogen-bond acceptors (Lipinski definition) is 6. The summed E-state index contributed by atoms with van der Waals surface area (Å²) in [5.74, 6) is 1.84. The van der Waals surface area contributed by atoms with E-state index in [2.05, 4.69) is 5.32 Å². The molecule has 2 rings (SSSR count). The Hall–Kier alpha value is -1.61. The van der Waals surface area contributed by atoms with Gasteiger partial charge in [-0.1, -0.05) is 6.07 Å². The van der Waals surface area contributed by atoms with Gasteiger partial charge < -0.3 is 19.7 Å². The lowest BCUT2D eigenvalue weighted by Gasteiger charge is -2.26. The molecule has 1 N–H and O–H groups in total. The van der Waals surface area contributed by atoms with E-state index in [1.807, 2.05) is 21.6 Å². The predicted molar refractivity (Wildman–Crippen MR) is 108 cm³/mol. The van der Waals surface area contributed by atoms with Crippen LogP contribution in [0.3, 0.4) is 0 Å². The number of methoxy groups -OCH3 is 2. The second-order valence-electron chi connectivity index (χ2n) is 6.30. The highest BCUT2D eigenvalue weighted by Gasteiger charge is 2.19. The number of benzene rings is 1. The third-order valence-electron chi connectivity index (χ3n) is 4.28. The van der Waals surface area contributed by atoms with Crippen molar-refractivity contribution in [1.82, 2.24) is 9.80 Å². The van der Waals surface area contributed by atoms with Crippen LogP contribution in [0.2, 0.25) is 0 Å². The lowest BCUT2D eigenvalue weighted by atomic mass is 10.1. The fourth-order valence-corrected chi connectivity index (χ4v) is 3.70. The van der Waals surface area contributed by atoms with Gasteiger partial charge in [-0.3, -0.25) is 14.5 Å². The van der Waals surface area contributed by atoms with Crippen LogP contribution in [0.15, 0.2) is 24.3 Å². The molecule has 0 atom stereocenters. The number of hydrogen-bond donors (Lipinski definition) is 1. The lowest BCUT2D eigenvalue weighted by molar-refractivity contribution is -0.117. The molecule has 1 aliphatic heterocycles. The van der Waals surface area contributed by atoms with E-state index in [4.69, 9.17) is 9.47 Å². The Bertz CT molecular complexity index is 600. The molecule has 0 aromatic heterocycles. The van der Waals surface area contributed by atoms with Gasteiger partial charge in [0, 0.05) is 63.2 Å². The number of nitrogens with one attached hydrogen (secondary N) is 1. The molecule has 2 amide bonds. The molecule has 27 heavy (non-hydrogen) atoms. The number of carbonyl (C=O) groups is 2. The molecular weight excluding hydrogens is 366 g/mol. The van der Waals surface area contributed by atoms with E-state index in [1.54, 1.807) is 38.5 Å². The van der Waals surface area contributed by atoms with E-state index in [-0.39, 0.29) is 18.4 Å². The first kappa shape index (κ1) is 21.7. The normalized spacial score (nSPS) is 14.4. The molecule has 150 valence electrons. The Morgan fingerprint density at radius 1 is 1.15 bits per heavy atom. The molecule has 1 heterocycles. The summed E-state index contributed by atoms with van der Waals surface area (Å²) in [5, 5.41) is 2.89. The van der Waals surface area contributed by atoms with Crippen molar-refractivity contribution < 1.29 is 19.1 Å². The minimum atomic E-state index is -0.124. The van der Waals surface area contributed by atoms with Crippen molar-refractivity contribution in [1.29, 1.82) is 0 Å². The van der Waals surface area contributed by atoms with Crippen molar-refractivity contribution in [2.75, 3.05) is 77.0 Å². The van der Waals surface area contributed by atoms with Crippen LogP contribution >= 0.6 is 11.8 Å². The lowest BCUT2D eigenvalue weighted by Crippen LogP contribution is -2.38. The number of ether oxygens (including phenoxy) is 2. The molecule has 1 aromatic carbocycles. The molecule has 1 fully saturated rings. The second kappa shape index (κ2) is 12.0. The summed E-state index contributed by atoms with van der Waals surface area (Å²) in [6.45, 7) is 4.19. The van der Waals surface area contributed by atoms with Gasteiger partial charge in [-0.2, -0.15) is 11.8 Å². The molecule has 7 nitrogen and oxygen atoms in total. The number of amides is 2. The standard InChI is InChI=1S/C19H29N3O4S/c1-25-10-6-21(7-11-26-2)15-18(23)20-17-5-3-4-16(14-17)19(24)22-8-12-27-13-9-22/h3-5,14H,6-13,15H2,1-2H3,(H,20,23). The maximum atomic E-state index is 12.6. The minimum absolute atomic E-state index is 0.0215. The highest BCUT2D eigenvalue weighted by atomic mass is 32.2. The van der Waals surface area contributed by atoms with E-state index in [1.165, 1.54) is 0 Å². The average Bonchev–Trinajstić information content (AvgIpc) is 2.70. The average molecular weight is 396 g/mol. The van der Waals surface area contributed by atoms with E-state index < -0.39 is 0 Å². The first-order valence-electron chi connectivity index (χ1n) is 9.11. The van der Waals surface area contributed by atoms with Gasteiger partial charge in [0.05, 0.1) is 19.8 Å². The zero-order valence-electron chi connectivity index (χ0n) is 16.1. The van der Waals surface area contributed by atoms with E-state index in [9.17, 15) is 9.59 Å². The van der Waals surface area contributed by atoms with Crippen molar-refractivity contribution in [2.45, 2.75) is 0 Å². The van der Waals surface area contributed by atoms with Crippen LogP contribution in [0.1, 0.15) is 10.4 Å². The van der Waals surface area contributed by atoms with Crippen LogP contribution in [0.5, 0.6) is 0 Å². The molecule has 1 saturated heterocycles. The first-order chi connectivity index (χ1) is 13.1. The number of anilines is 1. The van der Waals surface area contributed by atoms with Crippen LogP contribution in [-0.4, -0.2) is 93.3 Å². The highest BCUT2D eigenvalue weighted by Crippen LogP contribution is 2.16. The van der Waals surface area contributed by atoms with Gasteiger partial charge in [0.25, 0.3) is 5.91 Å². The Balaban J connectivity index is 1.93. The Morgan fingerprint density at radius 3 is 2.44 bits per heavy atom. The van der Waals surface area contributed by atoms with Crippen LogP contribution in [0.4, 0.5) is 5.69 Å². The van der Waals surface area contributed by atoms with Gasteiger partial charge in [0.2, 0.25) is 5.91 Å². The van der Waals surface area contributed by atoms with Crippen LogP contribution in [0, 0.1) is 0 Å². The molecule has 0 saturated carbocycles. The van der Waals surface area contributed by atoms with Crippen molar-refractivity contribution in [3.63, 3.8) is 0 Å². The fourth-order valence-electron chi connectivity index (χ4n) is 2.79. The van der Waals surface area contributed by atoms with Crippen molar-refractivity contribution in [3.8, 4) is 0 Å². The van der Waals surface area contributed by atoms with Gasteiger partial charge in [0.1, 0.15) is 0 Å². The molecule has 0 unspecified atom stereocenters. The van der Waals surface area contributed by atoms with Crippen molar-refractivity contribution in [3.05, 3.63) is 29.8 Å². The summed E-state index contributed by atoms with van der Waals surface area (Å²) < 4.78 is 10.2. The van der Waals surface area contributed by atoms with Gasteiger partial charge >= 0.3 is 0 Å². The van der Waals surface area contributed by atoms with Crippen LogP contribution < -0.4 is 5.32 Å². The molecular formula is C19H29N3O4S. The van der Waals surface area contributed by atoms with Crippen molar-refractivity contribution >= 4 is 29.3 Å². The Kier molecular flexibility index (Phi) is 9.61. The molecule has 8 heteroatoms. The summed E-state index contributed by atoms with van der Waals surface area (Å²) in [6, 6.07) is 7.14. The minimum Gasteiger partial charge on any atom is -0.383 e. The molecule has 0 radical (unpaired) electrons. The SMILES string of the molecule is COCCN(CCOC)CC(=O)Nc1cccc(C(=O)N2CCSCC2)c1. The predicted octanol–water partition coefficient (Wildman–Crippen LogP) is 1.41. The number of rotatable bonds is 10. The molecule has 0 aliphatic carbocycles. The number of carbonyl (C=O) groups excluding carboxylic acids is 2. The number of nitrogens with zero attached hydrogens (tertiary/aromatic N) is 2.